The van der Waals surface area contributed by atoms with Crippen LogP contribution >= 0.6 is 0 Å². The van der Waals surface area contributed by atoms with Crippen molar-refractivity contribution in [2.75, 3.05) is 13.7 Å². The minimum atomic E-state index is -0.332. The molecule has 0 radical (unpaired) electrons. The Morgan fingerprint density at radius 3 is 2.77 bits per heavy atom. The molecule has 0 atom stereocenters. The van der Waals surface area contributed by atoms with Crippen molar-refractivity contribution in [1.82, 2.24) is 10.1 Å². The molecule has 1 aliphatic rings. The van der Waals surface area contributed by atoms with Crippen molar-refractivity contribution in [2.24, 2.45) is 0 Å². The molecule has 6 heteroatoms. The zero-order valence-electron chi connectivity index (χ0n) is 14.2. The van der Waals surface area contributed by atoms with Gasteiger partial charge >= 0.3 is 0 Å². The van der Waals surface area contributed by atoms with Crippen LogP contribution in [-0.2, 0) is 13.0 Å². The van der Waals surface area contributed by atoms with Gasteiger partial charge in [-0.2, -0.15) is 0 Å². The molecule has 0 bridgehead atoms. The first-order valence-electron chi connectivity index (χ1n) is 8.32. The number of methoxy groups -OCH3 is 1. The van der Waals surface area contributed by atoms with Gasteiger partial charge in [0.1, 0.15) is 23.0 Å². The van der Waals surface area contributed by atoms with E-state index in [1.807, 2.05) is 0 Å². The van der Waals surface area contributed by atoms with Crippen molar-refractivity contribution >= 4 is 5.91 Å². The Morgan fingerprint density at radius 1 is 1.23 bits per heavy atom. The van der Waals surface area contributed by atoms with Gasteiger partial charge in [-0.25, -0.2) is 4.39 Å². The molecule has 1 aromatic heterocycles. The molecular weight excluding hydrogens is 335 g/mol. The highest BCUT2D eigenvalue weighted by Gasteiger charge is 2.28. The Hall–Kier alpha value is -3.15. The molecule has 1 aliphatic heterocycles. The average molecular weight is 352 g/mol. The van der Waals surface area contributed by atoms with Crippen molar-refractivity contribution in [3.8, 4) is 17.0 Å². The highest BCUT2D eigenvalue weighted by molar-refractivity contribution is 5.94. The van der Waals surface area contributed by atoms with Crippen LogP contribution in [0.5, 0.6) is 5.75 Å². The van der Waals surface area contributed by atoms with Crippen LogP contribution in [0.4, 0.5) is 4.39 Å². The summed E-state index contributed by atoms with van der Waals surface area (Å²) < 4.78 is 24.1. The lowest BCUT2D eigenvalue weighted by Gasteiger charge is -2.26. The quantitative estimate of drug-likeness (QED) is 0.721. The van der Waals surface area contributed by atoms with Crippen LogP contribution in [0.25, 0.3) is 11.3 Å². The third-order valence-corrected chi connectivity index (χ3v) is 4.55. The van der Waals surface area contributed by atoms with E-state index in [0.717, 1.165) is 11.3 Å². The Morgan fingerprint density at radius 2 is 2.04 bits per heavy atom. The molecule has 26 heavy (non-hydrogen) atoms. The van der Waals surface area contributed by atoms with Crippen LogP contribution in [0.15, 0.2) is 53.1 Å². The van der Waals surface area contributed by atoms with Gasteiger partial charge in [-0.1, -0.05) is 17.3 Å². The summed E-state index contributed by atoms with van der Waals surface area (Å²) in [5.74, 6) is 1.06. The van der Waals surface area contributed by atoms with Crippen LogP contribution in [0.2, 0.25) is 0 Å². The molecule has 0 unspecified atom stereocenters. The number of aromatic nitrogens is 1. The predicted molar refractivity (Wildman–Crippen MR) is 93.3 cm³/mol. The molecule has 3 aromatic rings. The van der Waals surface area contributed by atoms with Crippen LogP contribution < -0.4 is 4.74 Å². The normalized spacial score (nSPS) is 13.4. The predicted octanol–water partition coefficient (Wildman–Crippen LogP) is 3.69. The lowest BCUT2D eigenvalue weighted by Crippen LogP contribution is -2.35. The molecule has 0 N–H and O–H groups in total. The molecule has 0 spiro atoms. The average Bonchev–Trinajstić information content (AvgIpc) is 3.10. The molecule has 0 saturated carbocycles. The van der Waals surface area contributed by atoms with Crippen molar-refractivity contribution in [3.63, 3.8) is 0 Å². The second-order valence-corrected chi connectivity index (χ2v) is 6.15. The number of halogens is 1. The number of fused-ring (bicyclic) bond motifs is 1. The molecule has 2 heterocycles. The van der Waals surface area contributed by atoms with E-state index in [0.29, 0.717) is 42.1 Å². The minimum Gasteiger partial charge on any atom is -0.497 e. The molecule has 2 aromatic carbocycles. The van der Waals surface area contributed by atoms with Gasteiger partial charge in [0, 0.05) is 29.7 Å². The van der Waals surface area contributed by atoms with Gasteiger partial charge in [-0.05, 0) is 36.4 Å². The van der Waals surface area contributed by atoms with Gasteiger partial charge in [0.25, 0.3) is 5.91 Å². The lowest BCUT2D eigenvalue weighted by atomic mass is 10.0. The first-order chi connectivity index (χ1) is 12.7. The summed E-state index contributed by atoms with van der Waals surface area (Å²) in [5, 5.41) is 4.10. The fourth-order valence-corrected chi connectivity index (χ4v) is 3.16. The van der Waals surface area contributed by atoms with Crippen LogP contribution in [-0.4, -0.2) is 29.6 Å². The highest BCUT2D eigenvalue weighted by Crippen LogP contribution is 2.31. The summed E-state index contributed by atoms with van der Waals surface area (Å²) in [5.41, 5.74) is 2.67. The van der Waals surface area contributed by atoms with E-state index in [1.54, 1.807) is 48.4 Å². The Labute approximate surface area is 150 Å². The third-order valence-electron chi connectivity index (χ3n) is 4.55. The largest absolute Gasteiger partial charge is 0.497 e. The van der Waals surface area contributed by atoms with Gasteiger partial charge in [0.15, 0.2) is 0 Å². The van der Waals surface area contributed by atoms with E-state index in [9.17, 15) is 9.18 Å². The van der Waals surface area contributed by atoms with Crippen LogP contribution in [0.1, 0.15) is 21.7 Å². The number of rotatable bonds is 3. The topological polar surface area (TPSA) is 55.6 Å². The number of nitrogens with zero attached hydrogens (tertiary/aromatic N) is 2. The monoisotopic (exact) mass is 352 g/mol. The molecule has 0 aliphatic carbocycles. The molecule has 132 valence electrons. The first kappa shape index (κ1) is 16.3. The van der Waals surface area contributed by atoms with E-state index in [4.69, 9.17) is 9.26 Å². The van der Waals surface area contributed by atoms with Crippen LogP contribution in [0.3, 0.4) is 0 Å². The first-order valence-corrected chi connectivity index (χ1v) is 8.32. The van der Waals surface area contributed by atoms with Gasteiger partial charge in [-0.3, -0.25) is 4.79 Å². The second kappa shape index (κ2) is 6.63. The number of hydrogen-bond donors (Lipinski definition) is 0. The Bertz CT molecular complexity index is 950. The molecule has 5 nitrogen and oxygen atoms in total. The van der Waals surface area contributed by atoms with Crippen LogP contribution in [0, 0.1) is 5.82 Å². The summed E-state index contributed by atoms with van der Waals surface area (Å²) in [7, 11) is 1.59. The lowest BCUT2D eigenvalue weighted by molar-refractivity contribution is 0.0729. The molecule has 1 amide bonds. The zero-order valence-corrected chi connectivity index (χ0v) is 14.2. The van der Waals surface area contributed by atoms with Gasteiger partial charge < -0.3 is 14.2 Å². The maximum atomic E-state index is 13.5. The van der Waals surface area contributed by atoms with Crippen molar-refractivity contribution in [2.45, 2.75) is 13.0 Å². The van der Waals surface area contributed by atoms with Gasteiger partial charge in [-0.15, -0.1) is 0 Å². The van der Waals surface area contributed by atoms with E-state index in [1.165, 1.54) is 12.1 Å². The number of carbonyl (C=O) groups excluding carboxylic acids is 1. The number of benzene rings is 2. The maximum absolute atomic E-state index is 13.5. The number of amides is 1. The highest BCUT2D eigenvalue weighted by atomic mass is 19.1. The second-order valence-electron chi connectivity index (χ2n) is 6.15. The standard InChI is InChI=1S/C20H17FN2O3/c1-25-16-7-5-13(6-8-16)20(24)23-10-9-18-17(12-23)19(22-26-18)14-3-2-4-15(21)11-14/h2-8,11H,9-10,12H2,1H3. The number of ether oxygens (including phenoxy) is 1. The summed E-state index contributed by atoms with van der Waals surface area (Å²) in [6.07, 6.45) is 0.583. The smallest absolute Gasteiger partial charge is 0.254 e. The number of hydrogen-bond acceptors (Lipinski definition) is 4. The van der Waals surface area contributed by atoms with Crippen molar-refractivity contribution in [3.05, 3.63) is 71.2 Å². The Kier molecular flexibility index (Phi) is 4.16. The SMILES string of the molecule is COc1ccc(C(=O)N2CCc3onc(-c4cccc(F)c4)c3C2)cc1. The summed E-state index contributed by atoms with van der Waals surface area (Å²) in [6, 6.07) is 13.2. The van der Waals surface area contributed by atoms with Crippen molar-refractivity contribution < 1.29 is 18.4 Å². The van der Waals surface area contributed by atoms with E-state index in [-0.39, 0.29) is 11.7 Å². The van der Waals surface area contributed by atoms with Gasteiger partial charge in [0.2, 0.25) is 0 Å². The fourth-order valence-electron chi connectivity index (χ4n) is 3.16. The third kappa shape index (κ3) is 2.94. The maximum Gasteiger partial charge on any atom is 0.254 e. The molecule has 0 fully saturated rings. The van der Waals surface area contributed by atoms with E-state index in [2.05, 4.69) is 5.16 Å². The van der Waals surface area contributed by atoms with E-state index < -0.39 is 0 Å². The zero-order chi connectivity index (χ0) is 18.1. The minimum absolute atomic E-state index is 0.0651. The molecular formula is C20H17FN2O3. The molecule has 4 rings (SSSR count). The van der Waals surface area contributed by atoms with Crippen molar-refractivity contribution in [1.29, 1.82) is 0 Å². The summed E-state index contributed by atoms with van der Waals surface area (Å²) >= 11 is 0. The molecule has 0 saturated heterocycles. The van der Waals surface area contributed by atoms with Gasteiger partial charge in [0.05, 0.1) is 13.7 Å². The van der Waals surface area contributed by atoms with E-state index >= 15 is 0 Å². The fraction of sp³-hybridized carbons (Fsp3) is 0.200. The Balaban J connectivity index is 1.61. The summed E-state index contributed by atoms with van der Waals surface area (Å²) in [4.78, 5) is 14.6. The number of carbonyl (C=O) groups is 1. The summed E-state index contributed by atoms with van der Waals surface area (Å²) in [6.45, 7) is 0.936.